The topological polar surface area (TPSA) is 72.9 Å². The molecule has 0 amide bonds. The molecule has 2 N–H and O–H groups in total. The fraction of sp³-hybridized carbons (Fsp3) is 0.875. The third-order valence-corrected chi connectivity index (χ3v) is 2.84. The fourth-order valence-corrected chi connectivity index (χ4v) is 2.14. The summed E-state index contributed by atoms with van der Waals surface area (Å²) in [5, 5.41) is 13.3. The number of aromatic nitrogens is 4. The number of nitrogens with zero attached hydrogens (tertiary/aromatic N) is 5. The first-order chi connectivity index (χ1) is 6.70. The second kappa shape index (κ2) is 3.43. The van der Waals surface area contributed by atoms with Gasteiger partial charge in [0, 0.05) is 12.1 Å². The van der Waals surface area contributed by atoms with Gasteiger partial charge in [0.2, 0.25) is 0 Å². The molecule has 1 aromatic heterocycles. The van der Waals surface area contributed by atoms with Crippen LogP contribution in [0.2, 0.25) is 0 Å². The average molecular weight is 196 g/mol. The highest BCUT2D eigenvalue weighted by Crippen LogP contribution is 2.21. The van der Waals surface area contributed by atoms with Gasteiger partial charge in [-0.15, -0.1) is 4.79 Å². The summed E-state index contributed by atoms with van der Waals surface area (Å²) in [5.74, 6) is 0.366. The quantitative estimate of drug-likeness (QED) is 0.692. The van der Waals surface area contributed by atoms with Gasteiger partial charge in [0.15, 0.2) is 0 Å². The van der Waals surface area contributed by atoms with E-state index in [9.17, 15) is 0 Å². The van der Waals surface area contributed by atoms with Gasteiger partial charge in [0.05, 0.1) is 0 Å². The highest BCUT2D eigenvalue weighted by atomic mass is 15.8. The lowest BCUT2D eigenvalue weighted by Crippen LogP contribution is -2.51. The Balaban J connectivity index is 2.26. The lowest BCUT2D eigenvalue weighted by atomic mass is 10.00. The van der Waals surface area contributed by atoms with E-state index < -0.39 is 0 Å². The van der Waals surface area contributed by atoms with Crippen LogP contribution < -0.4 is 10.7 Å². The average Bonchev–Trinajstić information content (AvgIpc) is 2.52. The van der Waals surface area contributed by atoms with E-state index in [0.29, 0.717) is 18.0 Å². The van der Waals surface area contributed by atoms with Crippen molar-refractivity contribution in [2.45, 2.75) is 45.2 Å². The van der Waals surface area contributed by atoms with Gasteiger partial charge in [0.1, 0.15) is 0 Å². The number of rotatable bonds is 1. The van der Waals surface area contributed by atoms with Gasteiger partial charge in [-0.2, -0.15) is 0 Å². The van der Waals surface area contributed by atoms with Crippen molar-refractivity contribution in [2.24, 2.45) is 0 Å². The zero-order valence-electron chi connectivity index (χ0n) is 8.59. The zero-order valence-corrected chi connectivity index (χ0v) is 8.59. The van der Waals surface area contributed by atoms with Crippen molar-refractivity contribution >= 4 is 5.95 Å². The molecule has 6 nitrogen and oxygen atoms in total. The number of nitrogens with two attached hydrogens (primary N) is 1. The summed E-state index contributed by atoms with van der Waals surface area (Å²) >= 11 is 0. The molecule has 6 heteroatoms. The van der Waals surface area contributed by atoms with Crippen molar-refractivity contribution in [1.82, 2.24) is 20.3 Å². The molecule has 1 aliphatic heterocycles. The van der Waals surface area contributed by atoms with Crippen molar-refractivity contribution < 1.29 is 0 Å². The van der Waals surface area contributed by atoms with Gasteiger partial charge in [-0.3, -0.25) is 5.01 Å². The maximum atomic E-state index is 5.68. The molecule has 2 heterocycles. The van der Waals surface area contributed by atoms with Crippen LogP contribution in [0, 0.1) is 0 Å². The molecule has 0 saturated carbocycles. The number of nitrogen functional groups attached to an aromatic ring is 1. The minimum absolute atomic E-state index is 0.366. The van der Waals surface area contributed by atoms with E-state index in [0.717, 1.165) is 0 Å². The van der Waals surface area contributed by atoms with Crippen LogP contribution in [0.25, 0.3) is 0 Å². The largest absolute Gasteiger partial charge is 0.365 e. The molecule has 0 aliphatic carbocycles. The first-order valence-corrected chi connectivity index (χ1v) is 5.02. The number of anilines is 1. The molecule has 1 fully saturated rings. The predicted molar refractivity (Wildman–Crippen MR) is 53.2 cm³/mol. The Kier molecular flexibility index (Phi) is 2.26. The van der Waals surface area contributed by atoms with E-state index in [4.69, 9.17) is 5.73 Å². The molecule has 14 heavy (non-hydrogen) atoms. The molecule has 1 aliphatic rings. The molecule has 0 radical (unpaired) electrons. The van der Waals surface area contributed by atoms with Crippen LogP contribution in [-0.4, -0.2) is 32.4 Å². The standard InChI is InChI=1S/C8H16N6/c1-6-4-3-5-7(2)13(6)14-8(9)10-11-12-14/h6-7H,3-5H2,1-2H3,(H2,9,10,12). The SMILES string of the molecule is CC1CCCC(C)N1n1nnnc1N. The third kappa shape index (κ3) is 1.40. The first-order valence-electron chi connectivity index (χ1n) is 5.02. The summed E-state index contributed by atoms with van der Waals surface area (Å²) in [6.07, 6.45) is 3.61. The predicted octanol–water partition coefficient (Wildman–Crippen LogP) is 0.154. The number of piperidine rings is 1. The van der Waals surface area contributed by atoms with E-state index in [-0.39, 0.29) is 0 Å². The van der Waals surface area contributed by atoms with Crippen LogP contribution in [0.3, 0.4) is 0 Å². The van der Waals surface area contributed by atoms with E-state index in [1.54, 1.807) is 4.79 Å². The number of hydrogen-bond acceptors (Lipinski definition) is 5. The van der Waals surface area contributed by atoms with Crippen molar-refractivity contribution in [2.75, 3.05) is 10.7 Å². The van der Waals surface area contributed by atoms with Crippen molar-refractivity contribution in [3.05, 3.63) is 0 Å². The van der Waals surface area contributed by atoms with Gasteiger partial charge < -0.3 is 5.73 Å². The molecule has 0 aromatic carbocycles. The molecule has 1 aromatic rings. The molecule has 0 bridgehead atoms. The van der Waals surface area contributed by atoms with Crippen molar-refractivity contribution in [1.29, 1.82) is 0 Å². The Morgan fingerprint density at radius 1 is 1.29 bits per heavy atom. The van der Waals surface area contributed by atoms with Crippen molar-refractivity contribution in [3.8, 4) is 0 Å². The molecular weight excluding hydrogens is 180 g/mol. The normalized spacial score (nSPS) is 28.0. The van der Waals surface area contributed by atoms with E-state index in [2.05, 4.69) is 34.4 Å². The Bertz CT molecular complexity index is 299. The summed E-state index contributed by atoms with van der Waals surface area (Å²) < 4.78 is 0. The summed E-state index contributed by atoms with van der Waals surface area (Å²) in [6, 6.07) is 0.897. The smallest absolute Gasteiger partial charge is 0.260 e. The van der Waals surface area contributed by atoms with Gasteiger partial charge in [-0.1, -0.05) is 5.10 Å². The first kappa shape index (κ1) is 9.23. The van der Waals surface area contributed by atoms with E-state index in [1.165, 1.54) is 19.3 Å². The monoisotopic (exact) mass is 196 g/mol. The van der Waals surface area contributed by atoms with Crippen LogP contribution in [-0.2, 0) is 0 Å². The van der Waals surface area contributed by atoms with Gasteiger partial charge in [-0.25, -0.2) is 0 Å². The highest BCUT2D eigenvalue weighted by molar-refractivity contribution is 5.16. The molecule has 78 valence electrons. The van der Waals surface area contributed by atoms with Crippen molar-refractivity contribution in [3.63, 3.8) is 0 Å². The number of tetrazole rings is 1. The molecule has 0 spiro atoms. The van der Waals surface area contributed by atoms with Crippen LogP contribution in [0.5, 0.6) is 0 Å². The van der Waals surface area contributed by atoms with Crippen LogP contribution in [0.1, 0.15) is 33.1 Å². The Morgan fingerprint density at radius 2 is 1.93 bits per heavy atom. The van der Waals surface area contributed by atoms with Gasteiger partial charge >= 0.3 is 0 Å². The molecular formula is C8H16N6. The zero-order chi connectivity index (χ0) is 10.1. The second-order valence-corrected chi connectivity index (χ2v) is 3.94. The van der Waals surface area contributed by atoms with Crippen LogP contribution >= 0.6 is 0 Å². The molecule has 2 atom stereocenters. The molecule has 2 unspecified atom stereocenters. The summed E-state index contributed by atoms with van der Waals surface area (Å²) in [7, 11) is 0. The van der Waals surface area contributed by atoms with Gasteiger partial charge in [0.25, 0.3) is 5.95 Å². The number of hydrogen-bond donors (Lipinski definition) is 1. The maximum absolute atomic E-state index is 5.68. The van der Waals surface area contributed by atoms with Crippen LogP contribution in [0.15, 0.2) is 0 Å². The molecule has 2 rings (SSSR count). The lowest BCUT2D eigenvalue weighted by molar-refractivity contribution is 0.317. The van der Waals surface area contributed by atoms with E-state index >= 15 is 0 Å². The minimum atomic E-state index is 0.366. The Labute approximate surface area is 83.0 Å². The third-order valence-electron chi connectivity index (χ3n) is 2.84. The second-order valence-electron chi connectivity index (χ2n) is 3.94. The highest BCUT2D eigenvalue weighted by Gasteiger charge is 2.27. The summed E-state index contributed by atoms with van der Waals surface area (Å²) in [4.78, 5) is 1.62. The summed E-state index contributed by atoms with van der Waals surface area (Å²) in [6.45, 7) is 4.35. The minimum Gasteiger partial charge on any atom is -0.365 e. The van der Waals surface area contributed by atoms with Gasteiger partial charge in [-0.05, 0) is 43.5 Å². The maximum Gasteiger partial charge on any atom is 0.260 e. The summed E-state index contributed by atoms with van der Waals surface area (Å²) in [5.41, 5.74) is 5.68. The lowest BCUT2D eigenvalue weighted by Gasteiger charge is -2.39. The fourth-order valence-electron chi connectivity index (χ4n) is 2.14. The Morgan fingerprint density at radius 3 is 2.43 bits per heavy atom. The Hall–Kier alpha value is -1.33. The van der Waals surface area contributed by atoms with Crippen LogP contribution in [0.4, 0.5) is 5.95 Å². The van der Waals surface area contributed by atoms with E-state index in [1.807, 2.05) is 0 Å². The molecule has 1 saturated heterocycles.